The second-order valence-corrected chi connectivity index (χ2v) is 5.76. The van der Waals surface area contributed by atoms with Gasteiger partial charge in [0.2, 0.25) is 0 Å². The first kappa shape index (κ1) is 15.0. The third-order valence-electron chi connectivity index (χ3n) is 3.83. The lowest BCUT2D eigenvalue weighted by Gasteiger charge is -2.35. The number of nitrogens with one attached hydrogen (secondary N) is 1. The van der Waals surface area contributed by atoms with Crippen molar-refractivity contribution in [3.63, 3.8) is 0 Å². The predicted molar refractivity (Wildman–Crippen MR) is 82.0 cm³/mol. The molecule has 1 N–H and O–H groups in total. The van der Waals surface area contributed by atoms with Gasteiger partial charge in [-0.05, 0) is 23.3 Å². The maximum atomic E-state index is 12.8. The Hall–Kier alpha value is -1.94. The van der Waals surface area contributed by atoms with Crippen molar-refractivity contribution in [1.82, 2.24) is 5.32 Å². The molecular formula is C18H19F2NO. The summed E-state index contributed by atoms with van der Waals surface area (Å²) in [7, 11) is 0. The fourth-order valence-electron chi connectivity index (χ4n) is 2.55. The molecule has 2 aromatic rings. The Morgan fingerprint density at radius 1 is 1.00 bits per heavy atom. The molecule has 0 unspecified atom stereocenters. The fourth-order valence-corrected chi connectivity index (χ4v) is 2.55. The number of halogens is 2. The van der Waals surface area contributed by atoms with Crippen LogP contribution in [0.2, 0.25) is 0 Å². The van der Waals surface area contributed by atoms with Gasteiger partial charge in [-0.3, -0.25) is 0 Å². The molecule has 22 heavy (non-hydrogen) atoms. The normalized spacial score (nSPS) is 17.0. The van der Waals surface area contributed by atoms with E-state index in [4.69, 9.17) is 4.74 Å². The van der Waals surface area contributed by atoms with Crippen LogP contribution in [0.4, 0.5) is 8.78 Å². The van der Waals surface area contributed by atoms with Crippen LogP contribution < -0.4 is 10.1 Å². The van der Waals surface area contributed by atoms with Crippen LogP contribution in [0.15, 0.2) is 54.6 Å². The van der Waals surface area contributed by atoms with Crippen LogP contribution in [-0.4, -0.2) is 12.0 Å². The van der Waals surface area contributed by atoms with E-state index in [1.54, 1.807) is 0 Å². The molecule has 0 aromatic heterocycles. The number of hydrogen-bond acceptors (Lipinski definition) is 2. The largest absolute Gasteiger partial charge is 0.489 e. The first-order valence-electron chi connectivity index (χ1n) is 7.48. The van der Waals surface area contributed by atoms with Gasteiger partial charge in [0, 0.05) is 25.4 Å². The van der Waals surface area contributed by atoms with Gasteiger partial charge in [0.15, 0.2) is 0 Å². The molecule has 1 fully saturated rings. The van der Waals surface area contributed by atoms with E-state index in [0.29, 0.717) is 13.2 Å². The van der Waals surface area contributed by atoms with E-state index in [1.807, 2.05) is 54.6 Å². The van der Waals surface area contributed by atoms with Gasteiger partial charge in [0.1, 0.15) is 12.4 Å². The van der Waals surface area contributed by atoms with Gasteiger partial charge in [-0.15, -0.1) is 0 Å². The molecule has 4 heteroatoms. The van der Waals surface area contributed by atoms with Crippen LogP contribution in [-0.2, 0) is 13.2 Å². The standard InChI is InChI=1S/C18H19F2NO/c19-18(20)10-16(11-18)21-12-15-7-4-8-17(9-15)22-13-14-5-2-1-3-6-14/h1-9,16,21H,10-13H2. The zero-order chi connectivity index (χ0) is 15.4. The zero-order valence-corrected chi connectivity index (χ0v) is 12.3. The van der Waals surface area contributed by atoms with Crippen molar-refractivity contribution in [3.05, 3.63) is 65.7 Å². The lowest BCUT2D eigenvalue weighted by molar-refractivity contribution is -0.0930. The number of rotatable bonds is 6. The van der Waals surface area contributed by atoms with Gasteiger partial charge in [0.05, 0.1) is 0 Å². The minimum absolute atomic E-state index is 0.0583. The molecule has 0 amide bonds. The second kappa shape index (κ2) is 6.44. The van der Waals surface area contributed by atoms with Gasteiger partial charge in [0.25, 0.3) is 5.92 Å². The van der Waals surface area contributed by atoms with Crippen molar-refractivity contribution in [1.29, 1.82) is 0 Å². The van der Waals surface area contributed by atoms with Crippen molar-refractivity contribution in [2.24, 2.45) is 0 Å². The molecule has 1 aliphatic carbocycles. The maximum Gasteiger partial charge on any atom is 0.251 e. The van der Waals surface area contributed by atoms with Crippen molar-refractivity contribution in [2.45, 2.75) is 38.0 Å². The van der Waals surface area contributed by atoms with Crippen LogP contribution >= 0.6 is 0 Å². The molecule has 3 rings (SSSR count). The summed E-state index contributed by atoms with van der Waals surface area (Å²) in [6.07, 6.45) is -0.117. The van der Waals surface area contributed by atoms with Gasteiger partial charge in [-0.25, -0.2) is 8.78 Å². The van der Waals surface area contributed by atoms with Gasteiger partial charge in [-0.2, -0.15) is 0 Å². The highest BCUT2D eigenvalue weighted by molar-refractivity contribution is 5.29. The summed E-state index contributed by atoms with van der Waals surface area (Å²) in [5, 5.41) is 3.16. The molecule has 1 aliphatic rings. The Morgan fingerprint density at radius 3 is 2.45 bits per heavy atom. The molecule has 1 saturated carbocycles. The summed E-state index contributed by atoms with van der Waals surface area (Å²) in [5.41, 5.74) is 2.16. The maximum absolute atomic E-state index is 12.8. The van der Waals surface area contributed by atoms with E-state index >= 15 is 0 Å². The number of benzene rings is 2. The molecule has 0 bridgehead atoms. The smallest absolute Gasteiger partial charge is 0.251 e. The summed E-state index contributed by atoms with van der Waals surface area (Å²) in [6, 6.07) is 17.6. The van der Waals surface area contributed by atoms with Crippen molar-refractivity contribution in [3.8, 4) is 5.75 Å². The topological polar surface area (TPSA) is 21.3 Å². The van der Waals surface area contributed by atoms with Crippen LogP contribution in [0.25, 0.3) is 0 Å². The lowest BCUT2D eigenvalue weighted by Crippen LogP contribution is -2.48. The minimum Gasteiger partial charge on any atom is -0.489 e. The molecule has 0 aliphatic heterocycles. The molecule has 0 radical (unpaired) electrons. The molecule has 0 atom stereocenters. The summed E-state index contributed by atoms with van der Waals surface area (Å²) >= 11 is 0. The highest BCUT2D eigenvalue weighted by Crippen LogP contribution is 2.37. The van der Waals surface area contributed by atoms with E-state index in [2.05, 4.69) is 5.32 Å². The molecule has 0 spiro atoms. The van der Waals surface area contributed by atoms with E-state index < -0.39 is 5.92 Å². The summed E-state index contributed by atoms with van der Waals surface area (Å²) < 4.78 is 31.3. The first-order chi connectivity index (χ1) is 10.6. The van der Waals surface area contributed by atoms with Crippen molar-refractivity contribution >= 4 is 0 Å². The minimum atomic E-state index is -2.47. The van der Waals surface area contributed by atoms with Crippen molar-refractivity contribution in [2.75, 3.05) is 0 Å². The van der Waals surface area contributed by atoms with E-state index in [0.717, 1.165) is 16.9 Å². The lowest BCUT2D eigenvalue weighted by atomic mass is 9.88. The second-order valence-electron chi connectivity index (χ2n) is 5.76. The number of alkyl halides is 2. The Labute approximate surface area is 129 Å². The van der Waals surface area contributed by atoms with E-state index in [1.165, 1.54) is 0 Å². The average molecular weight is 303 g/mol. The average Bonchev–Trinajstić information content (AvgIpc) is 2.50. The fraction of sp³-hybridized carbons (Fsp3) is 0.333. The Balaban J connectivity index is 1.49. The van der Waals surface area contributed by atoms with Crippen LogP contribution in [0, 0.1) is 0 Å². The molecular weight excluding hydrogens is 284 g/mol. The third-order valence-corrected chi connectivity index (χ3v) is 3.83. The Kier molecular flexibility index (Phi) is 4.39. The van der Waals surface area contributed by atoms with Gasteiger partial charge in [-0.1, -0.05) is 42.5 Å². The third kappa shape index (κ3) is 4.04. The SMILES string of the molecule is FC1(F)CC(NCc2cccc(OCc3ccccc3)c2)C1. The molecule has 2 aromatic carbocycles. The van der Waals surface area contributed by atoms with Crippen LogP contribution in [0.3, 0.4) is 0 Å². The van der Waals surface area contributed by atoms with Crippen LogP contribution in [0.5, 0.6) is 5.75 Å². The molecule has 116 valence electrons. The Morgan fingerprint density at radius 2 is 1.73 bits per heavy atom. The number of hydrogen-bond donors (Lipinski definition) is 1. The predicted octanol–water partition coefficient (Wildman–Crippen LogP) is 4.15. The van der Waals surface area contributed by atoms with E-state index in [9.17, 15) is 8.78 Å². The van der Waals surface area contributed by atoms with E-state index in [-0.39, 0.29) is 18.9 Å². The zero-order valence-electron chi connectivity index (χ0n) is 12.3. The summed E-state index contributed by atoms with van der Waals surface area (Å²) in [5.74, 6) is -1.68. The van der Waals surface area contributed by atoms with Crippen molar-refractivity contribution < 1.29 is 13.5 Å². The Bertz CT molecular complexity index is 607. The first-order valence-corrected chi connectivity index (χ1v) is 7.48. The summed E-state index contributed by atoms with van der Waals surface area (Å²) in [4.78, 5) is 0. The highest BCUT2D eigenvalue weighted by Gasteiger charge is 2.44. The molecule has 0 heterocycles. The van der Waals surface area contributed by atoms with Gasteiger partial charge >= 0.3 is 0 Å². The summed E-state index contributed by atoms with van der Waals surface area (Å²) in [6.45, 7) is 1.11. The molecule has 2 nitrogen and oxygen atoms in total. The van der Waals surface area contributed by atoms with Gasteiger partial charge < -0.3 is 10.1 Å². The highest BCUT2D eigenvalue weighted by atomic mass is 19.3. The quantitative estimate of drug-likeness (QED) is 0.865. The monoisotopic (exact) mass is 303 g/mol. The number of ether oxygens (including phenoxy) is 1. The molecule has 0 saturated heterocycles. The van der Waals surface area contributed by atoms with Crippen LogP contribution in [0.1, 0.15) is 24.0 Å².